The summed E-state index contributed by atoms with van der Waals surface area (Å²) >= 11 is 12.4. The van der Waals surface area contributed by atoms with Gasteiger partial charge in [0.25, 0.3) is 0 Å². The summed E-state index contributed by atoms with van der Waals surface area (Å²) in [6, 6.07) is 9.22. The number of hydrogen-bond donors (Lipinski definition) is 1. The highest BCUT2D eigenvalue weighted by Gasteiger charge is 2.43. The lowest BCUT2D eigenvalue weighted by Crippen LogP contribution is -2.62. The predicted octanol–water partition coefficient (Wildman–Crippen LogP) is 4.95. The number of likely N-dealkylation sites (N-methyl/N-ethyl adjacent to an activating group) is 1. The van der Waals surface area contributed by atoms with E-state index in [9.17, 15) is 27.2 Å². The van der Waals surface area contributed by atoms with Crippen LogP contribution in [-0.2, 0) is 22.4 Å². The molecule has 0 aromatic heterocycles. The molecule has 3 atom stereocenters. The molecule has 220 valence electrons. The summed E-state index contributed by atoms with van der Waals surface area (Å²) in [6.07, 6.45) is -3.02. The summed E-state index contributed by atoms with van der Waals surface area (Å²) in [5, 5.41) is 0.815. The first-order chi connectivity index (χ1) is 18.8. The quantitative estimate of drug-likeness (QED) is 0.390. The molecule has 2 N–H and O–H groups in total. The maximum atomic E-state index is 13.4. The molecule has 1 aliphatic heterocycles. The number of nitrogens with two attached hydrogens (primary N) is 1. The highest BCUT2D eigenvalue weighted by molar-refractivity contribution is 6.35. The Morgan fingerprint density at radius 2 is 1.77 bits per heavy atom. The number of amides is 2. The van der Waals surface area contributed by atoms with Crippen molar-refractivity contribution < 1.29 is 27.2 Å². The molecule has 0 saturated carbocycles. The maximum absolute atomic E-state index is 13.4. The zero-order valence-corrected chi connectivity index (χ0v) is 23.9. The number of piperazine rings is 1. The summed E-state index contributed by atoms with van der Waals surface area (Å²) in [5.74, 6) is -2.53. The Balaban J connectivity index is 1.79. The minimum atomic E-state index is -4.99. The van der Waals surface area contributed by atoms with Crippen molar-refractivity contribution in [3.63, 3.8) is 0 Å². The van der Waals surface area contributed by atoms with Crippen LogP contribution in [0.15, 0.2) is 42.5 Å². The van der Waals surface area contributed by atoms with E-state index in [0.29, 0.717) is 46.6 Å². The van der Waals surface area contributed by atoms with Gasteiger partial charge in [-0.1, -0.05) is 54.7 Å². The van der Waals surface area contributed by atoms with Crippen molar-refractivity contribution >= 4 is 35.0 Å². The van der Waals surface area contributed by atoms with Crippen LogP contribution >= 0.6 is 23.2 Å². The van der Waals surface area contributed by atoms with E-state index in [1.807, 2.05) is 11.8 Å². The minimum absolute atomic E-state index is 0.186. The van der Waals surface area contributed by atoms with Gasteiger partial charge in [-0.15, -0.1) is 0 Å². The van der Waals surface area contributed by atoms with Crippen LogP contribution in [0.1, 0.15) is 30.9 Å². The second-order valence-electron chi connectivity index (χ2n) is 10.2. The van der Waals surface area contributed by atoms with E-state index >= 15 is 0 Å². The minimum Gasteiger partial charge on any atom is -0.336 e. The first-order valence-electron chi connectivity index (χ1n) is 13.1. The van der Waals surface area contributed by atoms with Gasteiger partial charge in [0.05, 0.1) is 6.04 Å². The topological polar surface area (TPSA) is 69.9 Å². The lowest BCUT2D eigenvalue weighted by molar-refractivity contribution is -0.184. The van der Waals surface area contributed by atoms with Crippen LogP contribution in [-0.4, -0.2) is 84.0 Å². The van der Waals surface area contributed by atoms with Gasteiger partial charge < -0.3 is 15.5 Å². The molecule has 3 unspecified atom stereocenters. The van der Waals surface area contributed by atoms with Crippen molar-refractivity contribution in [3.05, 3.63) is 69.5 Å². The second-order valence-corrected chi connectivity index (χ2v) is 11.0. The third-order valence-corrected chi connectivity index (χ3v) is 7.75. The van der Waals surface area contributed by atoms with Crippen LogP contribution in [0.2, 0.25) is 10.0 Å². The van der Waals surface area contributed by atoms with Gasteiger partial charge in [0.15, 0.2) is 0 Å². The van der Waals surface area contributed by atoms with Gasteiger partial charge in [-0.2, -0.15) is 13.2 Å². The molecule has 0 bridgehead atoms. The smallest absolute Gasteiger partial charge is 0.336 e. The predicted molar refractivity (Wildman–Crippen MR) is 148 cm³/mol. The Morgan fingerprint density at radius 1 is 1.10 bits per heavy atom. The van der Waals surface area contributed by atoms with Crippen molar-refractivity contribution in [2.24, 2.45) is 5.73 Å². The van der Waals surface area contributed by atoms with Crippen LogP contribution in [0.3, 0.4) is 0 Å². The van der Waals surface area contributed by atoms with E-state index in [1.54, 1.807) is 35.2 Å². The zero-order valence-electron chi connectivity index (χ0n) is 22.4. The van der Waals surface area contributed by atoms with E-state index in [2.05, 4.69) is 0 Å². The van der Waals surface area contributed by atoms with Gasteiger partial charge in [0, 0.05) is 55.4 Å². The molecule has 0 spiro atoms. The summed E-state index contributed by atoms with van der Waals surface area (Å²) in [7, 11) is 1.13. The standard InChI is InChI=1S/C28H34Cl2F4N4O2/c1-3-4-22-17-37(11-12-38(22)26(39)25(35)13-18-5-9-21(31)10-6-18)23(16-36(2)27(40)28(32,33)34)14-19-7-8-20(29)15-24(19)30/h5-10,15,22-23,25H,3-4,11-14,16-17,35H2,1-2H3. The Bertz CT molecular complexity index is 1170. The lowest BCUT2D eigenvalue weighted by Gasteiger charge is -2.46. The molecule has 0 aliphatic carbocycles. The molecule has 2 aromatic carbocycles. The van der Waals surface area contributed by atoms with Gasteiger partial charge in [0.2, 0.25) is 5.91 Å². The number of benzene rings is 2. The highest BCUT2D eigenvalue weighted by Crippen LogP contribution is 2.26. The summed E-state index contributed by atoms with van der Waals surface area (Å²) < 4.78 is 52.8. The number of carbonyl (C=O) groups excluding carboxylic acids is 2. The van der Waals surface area contributed by atoms with Crippen molar-refractivity contribution in [1.29, 1.82) is 0 Å². The lowest BCUT2D eigenvalue weighted by atomic mass is 9.98. The molecular weight excluding hydrogens is 571 g/mol. The molecule has 1 fully saturated rings. The third kappa shape index (κ3) is 8.55. The third-order valence-electron chi connectivity index (χ3n) is 7.17. The van der Waals surface area contributed by atoms with Crippen molar-refractivity contribution in [1.82, 2.24) is 14.7 Å². The fourth-order valence-electron chi connectivity index (χ4n) is 5.12. The Labute approximate surface area is 242 Å². The number of nitrogens with zero attached hydrogens (tertiary/aromatic N) is 3. The zero-order chi connectivity index (χ0) is 29.6. The van der Waals surface area contributed by atoms with Gasteiger partial charge in [-0.3, -0.25) is 14.5 Å². The number of halogens is 6. The molecule has 1 saturated heterocycles. The normalized spacial score (nSPS) is 17.9. The number of rotatable bonds is 10. The van der Waals surface area contributed by atoms with E-state index in [4.69, 9.17) is 28.9 Å². The van der Waals surface area contributed by atoms with Gasteiger partial charge in [-0.25, -0.2) is 4.39 Å². The SMILES string of the molecule is CCCC1CN(C(Cc2ccc(Cl)cc2Cl)CN(C)C(=O)C(F)(F)F)CCN1C(=O)C(N)Cc1ccc(F)cc1. The molecule has 3 rings (SSSR count). The summed E-state index contributed by atoms with van der Waals surface area (Å²) in [5.41, 5.74) is 7.70. The van der Waals surface area contributed by atoms with E-state index in [-0.39, 0.29) is 37.2 Å². The van der Waals surface area contributed by atoms with Crippen LogP contribution in [0.4, 0.5) is 17.6 Å². The monoisotopic (exact) mass is 604 g/mol. The van der Waals surface area contributed by atoms with Gasteiger partial charge in [-0.05, 0) is 54.7 Å². The fourth-order valence-corrected chi connectivity index (χ4v) is 5.61. The number of hydrogen-bond acceptors (Lipinski definition) is 4. The Kier molecular flexibility index (Phi) is 11.2. The van der Waals surface area contributed by atoms with E-state index < -0.39 is 24.2 Å². The van der Waals surface area contributed by atoms with Gasteiger partial charge >= 0.3 is 12.1 Å². The molecule has 2 aromatic rings. The van der Waals surface area contributed by atoms with Crippen molar-refractivity contribution in [2.45, 2.75) is 56.9 Å². The first kappa shape index (κ1) is 32.1. The molecule has 0 radical (unpaired) electrons. The average Bonchev–Trinajstić information content (AvgIpc) is 2.89. The molecular formula is C28H34Cl2F4N4O2. The first-order valence-corrected chi connectivity index (χ1v) is 13.9. The average molecular weight is 606 g/mol. The molecule has 2 amide bonds. The van der Waals surface area contributed by atoms with E-state index in [0.717, 1.165) is 19.0 Å². The highest BCUT2D eigenvalue weighted by atomic mass is 35.5. The number of alkyl halides is 3. The second kappa shape index (κ2) is 14.0. The van der Waals surface area contributed by atoms with Crippen LogP contribution < -0.4 is 5.73 Å². The summed E-state index contributed by atoms with van der Waals surface area (Å²) in [6.45, 7) is 2.89. The van der Waals surface area contributed by atoms with Gasteiger partial charge in [0.1, 0.15) is 5.82 Å². The van der Waals surface area contributed by atoms with Crippen LogP contribution in [0.25, 0.3) is 0 Å². The Morgan fingerprint density at radius 3 is 2.38 bits per heavy atom. The van der Waals surface area contributed by atoms with Crippen molar-refractivity contribution in [2.75, 3.05) is 33.2 Å². The molecule has 12 heteroatoms. The summed E-state index contributed by atoms with van der Waals surface area (Å²) in [4.78, 5) is 29.8. The number of carbonyl (C=O) groups is 2. The molecule has 1 heterocycles. The fraction of sp³-hybridized carbons (Fsp3) is 0.500. The van der Waals surface area contributed by atoms with Crippen LogP contribution in [0.5, 0.6) is 0 Å². The molecule has 1 aliphatic rings. The maximum Gasteiger partial charge on any atom is 0.471 e. The largest absolute Gasteiger partial charge is 0.471 e. The van der Waals surface area contributed by atoms with Crippen molar-refractivity contribution in [3.8, 4) is 0 Å². The van der Waals surface area contributed by atoms with E-state index in [1.165, 1.54) is 12.1 Å². The molecule has 40 heavy (non-hydrogen) atoms. The molecule has 6 nitrogen and oxygen atoms in total. The Hall–Kier alpha value is -2.40. The van der Waals surface area contributed by atoms with Crippen LogP contribution in [0, 0.1) is 5.82 Å².